The van der Waals surface area contributed by atoms with Gasteiger partial charge in [-0.15, -0.1) is 0 Å². The van der Waals surface area contributed by atoms with E-state index in [9.17, 15) is 10.1 Å². The molecule has 1 N–H and O–H groups in total. The molecule has 0 heterocycles. The van der Waals surface area contributed by atoms with E-state index < -0.39 is 5.41 Å². The first-order valence-electron chi connectivity index (χ1n) is 6.29. The molecular weight excluding hydrogens is 216 g/mol. The first-order chi connectivity index (χ1) is 7.96. The van der Waals surface area contributed by atoms with Crippen LogP contribution in [0.3, 0.4) is 0 Å². The van der Waals surface area contributed by atoms with Crippen LogP contribution in [0.1, 0.15) is 46.5 Å². The molecule has 0 unspecified atom stereocenters. The van der Waals surface area contributed by atoms with Crippen molar-refractivity contribution in [1.29, 1.82) is 5.26 Å². The molecule has 0 atom stereocenters. The SMILES string of the molecule is CCOC(C)(C)CNC(=O)C1(C#N)CCCC1. The van der Waals surface area contributed by atoms with Crippen molar-refractivity contribution in [3.8, 4) is 6.07 Å². The van der Waals surface area contributed by atoms with Gasteiger partial charge < -0.3 is 10.1 Å². The minimum Gasteiger partial charge on any atom is -0.374 e. The Morgan fingerprint density at radius 2 is 2.06 bits per heavy atom. The Hall–Kier alpha value is -1.08. The summed E-state index contributed by atoms with van der Waals surface area (Å²) in [5, 5.41) is 12.0. The maximum Gasteiger partial charge on any atom is 0.240 e. The second-order valence-electron chi connectivity index (χ2n) is 5.28. The number of ether oxygens (including phenoxy) is 1. The molecule has 4 heteroatoms. The van der Waals surface area contributed by atoms with Gasteiger partial charge >= 0.3 is 0 Å². The average Bonchev–Trinajstić information content (AvgIpc) is 2.75. The minimum atomic E-state index is -0.789. The minimum absolute atomic E-state index is 0.134. The van der Waals surface area contributed by atoms with Crippen molar-refractivity contribution in [2.45, 2.75) is 52.1 Å². The number of rotatable bonds is 5. The number of nitriles is 1. The van der Waals surface area contributed by atoms with E-state index in [0.717, 1.165) is 12.8 Å². The molecule has 0 aliphatic heterocycles. The highest BCUT2D eigenvalue weighted by Crippen LogP contribution is 2.37. The fourth-order valence-corrected chi connectivity index (χ4v) is 2.27. The van der Waals surface area contributed by atoms with E-state index in [2.05, 4.69) is 11.4 Å². The highest BCUT2D eigenvalue weighted by atomic mass is 16.5. The Labute approximate surface area is 103 Å². The molecule has 96 valence electrons. The van der Waals surface area contributed by atoms with Crippen molar-refractivity contribution in [2.24, 2.45) is 5.41 Å². The van der Waals surface area contributed by atoms with Gasteiger partial charge in [-0.3, -0.25) is 4.79 Å². The summed E-state index contributed by atoms with van der Waals surface area (Å²) in [7, 11) is 0. The van der Waals surface area contributed by atoms with E-state index in [1.807, 2.05) is 20.8 Å². The fraction of sp³-hybridized carbons (Fsp3) is 0.846. The first kappa shape index (κ1) is 14.0. The Balaban J connectivity index is 2.52. The lowest BCUT2D eigenvalue weighted by molar-refractivity contribution is -0.129. The summed E-state index contributed by atoms with van der Waals surface area (Å²) in [6.07, 6.45) is 3.31. The average molecular weight is 238 g/mol. The predicted octanol–water partition coefficient (Wildman–Crippen LogP) is 2.00. The van der Waals surface area contributed by atoms with Crippen molar-refractivity contribution in [2.75, 3.05) is 13.2 Å². The van der Waals surface area contributed by atoms with Crippen LogP contribution in [0.15, 0.2) is 0 Å². The quantitative estimate of drug-likeness (QED) is 0.796. The number of hydrogen-bond acceptors (Lipinski definition) is 3. The van der Waals surface area contributed by atoms with Crippen LogP contribution in [-0.4, -0.2) is 24.7 Å². The van der Waals surface area contributed by atoms with Crippen LogP contribution in [0.2, 0.25) is 0 Å². The Kier molecular flexibility index (Phi) is 4.53. The molecule has 1 saturated carbocycles. The van der Waals surface area contributed by atoms with Crippen molar-refractivity contribution in [1.82, 2.24) is 5.32 Å². The number of carbonyl (C=O) groups is 1. The van der Waals surface area contributed by atoms with Gasteiger partial charge in [0.05, 0.1) is 11.7 Å². The van der Waals surface area contributed by atoms with Crippen LogP contribution in [-0.2, 0) is 9.53 Å². The molecule has 1 rings (SSSR count). The van der Waals surface area contributed by atoms with Gasteiger partial charge in [0.1, 0.15) is 5.41 Å². The molecule has 0 aromatic carbocycles. The van der Waals surface area contributed by atoms with Gasteiger partial charge in [-0.05, 0) is 33.6 Å². The molecule has 4 nitrogen and oxygen atoms in total. The van der Waals surface area contributed by atoms with Gasteiger partial charge in [0, 0.05) is 13.2 Å². The lowest BCUT2D eigenvalue weighted by Gasteiger charge is -2.27. The molecule has 0 bridgehead atoms. The van der Waals surface area contributed by atoms with Crippen LogP contribution < -0.4 is 5.32 Å². The summed E-state index contributed by atoms with van der Waals surface area (Å²) in [5.41, 5.74) is -1.16. The lowest BCUT2D eigenvalue weighted by Crippen LogP contribution is -2.45. The van der Waals surface area contributed by atoms with Crippen LogP contribution >= 0.6 is 0 Å². The maximum absolute atomic E-state index is 12.1. The molecule has 0 radical (unpaired) electrons. The summed E-state index contributed by atoms with van der Waals surface area (Å²) >= 11 is 0. The van der Waals surface area contributed by atoms with Crippen molar-refractivity contribution in [3.05, 3.63) is 0 Å². The van der Waals surface area contributed by atoms with Gasteiger partial charge in [-0.25, -0.2) is 0 Å². The van der Waals surface area contributed by atoms with Crippen molar-refractivity contribution >= 4 is 5.91 Å². The van der Waals surface area contributed by atoms with Crippen molar-refractivity contribution in [3.63, 3.8) is 0 Å². The third kappa shape index (κ3) is 3.44. The lowest BCUT2D eigenvalue weighted by atomic mass is 9.87. The van der Waals surface area contributed by atoms with Crippen LogP contribution in [0.25, 0.3) is 0 Å². The fourth-order valence-electron chi connectivity index (χ4n) is 2.27. The molecule has 1 aliphatic rings. The van der Waals surface area contributed by atoms with E-state index in [1.165, 1.54) is 0 Å². The van der Waals surface area contributed by atoms with Gasteiger partial charge in [-0.2, -0.15) is 5.26 Å². The summed E-state index contributed by atoms with van der Waals surface area (Å²) in [6, 6.07) is 2.19. The monoisotopic (exact) mass is 238 g/mol. The van der Waals surface area contributed by atoms with E-state index in [1.54, 1.807) is 0 Å². The zero-order chi connectivity index (χ0) is 12.9. The van der Waals surface area contributed by atoms with Gasteiger partial charge in [0.25, 0.3) is 0 Å². The Bertz CT molecular complexity index is 312. The predicted molar refractivity (Wildman–Crippen MR) is 65.2 cm³/mol. The molecule has 1 aliphatic carbocycles. The first-order valence-corrected chi connectivity index (χ1v) is 6.29. The molecule has 1 amide bonds. The molecule has 1 fully saturated rings. The number of carbonyl (C=O) groups excluding carboxylic acids is 1. The molecular formula is C13H22N2O2. The summed E-state index contributed by atoms with van der Waals surface area (Å²) < 4.78 is 5.51. The third-order valence-corrected chi connectivity index (χ3v) is 3.32. The zero-order valence-corrected chi connectivity index (χ0v) is 11.0. The Morgan fingerprint density at radius 1 is 1.47 bits per heavy atom. The normalized spacial score (nSPS) is 18.7. The smallest absolute Gasteiger partial charge is 0.240 e. The van der Waals surface area contributed by atoms with E-state index in [-0.39, 0.29) is 11.5 Å². The highest BCUT2D eigenvalue weighted by Gasteiger charge is 2.41. The van der Waals surface area contributed by atoms with Crippen LogP contribution in [0.5, 0.6) is 0 Å². The topological polar surface area (TPSA) is 62.1 Å². The van der Waals surface area contributed by atoms with Crippen molar-refractivity contribution < 1.29 is 9.53 Å². The van der Waals surface area contributed by atoms with E-state index in [0.29, 0.717) is 26.0 Å². The summed E-state index contributed by atoms with van der Waals surface area (Å²) in [6.45, 7) is 6.86. The van der Waals surface area contributed by atoms with Gasteiger partial charge in [0.15, 0.2) is 0 Å². The number of nitrogens with zero attached hydrogens (tertiary/aromatic N) is 1. The number of amides is 1. The maximum atomic E-state index is 12.1. The highest BCUT2D eigenvalue weighted by molar-refractivity contribution is 5.85. The molecule has 0 aromatic heterocycles. The second-order valence-corrected chi connectivity index (χ2v) is 5.28. The largest absolute Gasteiger partial charge is 0.374 e. The molecule has 0 aromatic rings. The summed E-state index contributed by atoms with van der Waals surface area (Å²) in [4.78, 5) is 12.1. The zero-order valence-electron chi connectivity index (χ0n) is 11.0. The standard InChI is InChI=1S/C13H22N2O2/c1-4-17-12(2,3)10-15-11(16)13(9-14)7-5-6-8-13/h4-8,10H2,1-3H3,(H,15,16). The number of nitrogens with one attached hydrogen (secondary N) is 1. The number of hydrogen-bond donors (Lipinski definition) is 1. The Morgan fingerprint density at radius 3 is 2.53 bits per heavy atom. The van der Waals surface area contributed by atoms with E-state index >= 15 is 0 Å². The summed E-state index contributed by atoms with van der Waals surface area (Å²) in [5.74, 6) is -0.134. The van der Waals surface area contributed by atoms with Crippen LogP contribution in [0, 0.1) is 16.7 Å². The molecule has 0 saturated heterocycles. The third-order valence-electron chi connectivity index (χ3n) is 3.32. The van der Waals surface area contributed by atoms with Gasteiger partial charge in [-0.1, -0.05) is 12.8 Å². The van der Waals surface area contributed by atoms with Gasteiger partial charge in [0.2, 0.25) is 5.91 Å². The molecule has 0 spiro atoms. The second kappa shape index (κ2) is 5.50. The van der Waals surface area contributed by atoms with E-state index in [4.69, 9.17) is 4.74 Å². The van der Waals surface area contributed by atoms with Crippen LogP contribution in [0.4, 0.5) is 0 Å². The molecule has 17 heavy (non-hydrogen) atoms.